The summed E-state index contributed by atoms with van der Waals surface area (Å²) in [5, 5.41) is 18.1. The predicted molar refractivity (Wildman–Crippen MR) is 90.3 cm³/mol. The molecule has 1 fully saturated rings. The zero-order valence-corrected chi connectivity index (χ0v) is 13.6. The van der Waals surface area contributed by atoms with E-state index in [9.17, 15) is 5.26 Å². The third kappa shape index (κ3) is 2.26. The Balaban J connectivity index is 1.43. The Kier molecular flexibility index (Phi) is 3.18. The maximum Gasteiger partial charge on any atom is 0.160 e. The van der Waals surface area contributed by atoms with Crippen LogP contribution in [0.2, 0.25) is 0 Å². The number of ether oxygens (including phenoxy) is 1. The molecule has 0 spiro atoms. The Bertz CT molecular complexity index is 998. The molecule has 124 valence electrons. The maximum atomic E-state index is 9.50. The SMILES string of the molecule is N#Cc1cc2c(nc1N1CC(c3nnc4ccccn34)C1)CCOC2. The average Bonchev–Trinajstić information content (AvgIpc) is 3.04. The molecular formula is C18H16N6O. The van der Waals surface area contributed by atoms with Crippen molar-refractivity contribution in [2.45, 2.75) is 18.9 Å². The van der Waals surface area contributed by atoms with Gasteiger partial charge in [0.05, 0.1) is 30.4 Å². The van der Waals surface area contributed by atoms with E-state index in [2.05, 4.69) is 21.2 Å². The lowest BCUT2D eigenvalue weighted by Crippen LogP contribution is -2.46. The van der Waals surface area contributed by atoms with Crippen molar-refractivity contribution in [3.63, 3.8) is 0 Å². The molecule has 3 aromatic heterocycles. The van der Waals surface area contributed by atoms with E-state index in [1.54, 1.807) is 0 Å². The first-order valence-corrected chi connectivity index (χ1v) is 8.39. The van der Waals surface area contributed by atoms with Gasteiger partial charge in [0.2, 0.25) is 0 Å². The Morgan fingerprint density at radius 3 is 3.04 bits per heavy atom. The van der Waals surface area contributed by atoms with Gasteiger partial charge < -0.3 is 9.64 Å². The number of hydrogen-bond donors (Lipinski definition) is 0. The van der Waals surface area contributed by atoms with Gasteiger partial charge in [-0.3, -0.25) is 4.40 Å². The minimum atomic E-state index is 0.296. The average molecular weight is 332 g/mol. The summed E-state index contributed by atoms with van der Waals surface area (Å²) in [4.78, 5) is 6.92. The van der Waals surface area contributed by atoms with Crippen molar-refractivity contribution in [2.24, 2.45) is 0 Å². The summed E-state index contributed by atoms with van der Waals surface area (Å²) in [5.41, 5.74) is 3.57. The third-order valence-corrected chi connectivity index (χ3v) is 4.92. The van der Waals surface area contributed by atoms with Gasteiger partial charge in [0, 0.05) is 31.3 Å². The molecule has 0 unspecified atom stereocenters. The molecule has 2 aliphatic rings. The maximum absolute atomic E-state index is 9.50. The molecule has 1 saturated heterocycles. The van der Waals surface area contributed by atoms with Crippen LogP contribution in [0.5, 0.6) is 0 Å². The molecule has 0 atom stereocenters. The predicted octanol–water partition coefficient (Wildman–Crippen LogP) is 1.67. The van der Waals surface area contributed by atoms with E-state index in [-0.39, 0.29) is 0 Å². The van der Waals surface area contributed by atoms with Crippen LogP contribution in [0.1, 0.15) is 28.6 Å². The van der Waals surface area contributed by atoms with Gasteiger partial charge >= 0.3 is 0 Å². The van der Waals surface area contributed by atoms with Crippen LogP contribution in [0.15, 0.2) is 30.5 Å². The monoisotopic (exact) mass is 332 g/mol. The Hall–Kier alpha value is -2.98. The first-order chi connectivity index (χ1) is 12.3. The molecule has 0 saturated carbocycles. The van der Waals surface area contributed by atoms with Crippen molar-refractivity contribution >= 4 is 11.5 Å². The second-order valence-electron chi connectivity index (χ2n) is 6.47. The Labute approximate surface area is 144 Å². The van der Waals surface area contributed by atoms with Gasteiger partial charge in [0.15, 0.2) is 5.65 Å². The zero-order chi connectivity index (χ0) is 16.8. The number of pyridine rings is 2. The highest BCUT2D eigenvalue weighted by molar-refractivity contribution is 5.58. The van der Waals surface area contributed by atoms with Crippen molar-refractivity contribution in [2.75, 3.05) is 24.6 Å². The fourth-order valence-corrected chi connectivity index (χ4v) is 3.55. The number of nitriles is 1. The van der Waals surface area contributed by atoms with Crippen LogP contribution in [0, 0.1) is 11.3 Å². The molecule has 2 aliphatic heterocycles. The normalized spacial score (nSPS) is 17.2. The molecule has 25 heavy (non-hydrogen) atoms. The summed E-state index contributed by atoms with van der Waals surface area (Å²) in [6, 6.07) is 10.1. The highest BCUT2D eigenvalue weighted by Crippen LogP contribution is 2.33. The second kappa shape index (κ2) is 5.53. The molecular weight excluding hydrogens is 316 g/mol. The summed E-state index contributed by atoms with van der Waals surface area (Å²) < 4.78 is 7.49. The number of anilines is 1. The van der Waals surface area contributed by atoms with E-state index in [4.69, 9.17) is 9.72 Å². The van der Waals surface area contributed by atoms with Gasteiger partial charge in [-0.25, -0.2) is 4.98 Å². The first-order valence-electron chi connectivity index (χ1n) is 8.39. The van der Waals surface area contributed by atoms with E-state index >= 15 is 0 Å². The van der Waals surface area contributed by atoms with Gasteiger partial charge in [-0.1, -0.05) is 6.07 Å². The molecule has 0 amide bonds. The van der Waals surface area contributed by atoms with Gasteiger partial charge in [-0.15, -0.1) is 10.2 Å². The second-order valence-corrected chi connectivity index (χ2v) is 6.47. The van der Waals surface area contributed by atoms with Crippen LogP contribution in [0.3, 0.4) is 0 Å². The minimum Gasteiger partial charge on any atom is -0.376 e. The molecule has 3 aromatic rings. The van der Waals surface area contributed by atoms with E-state index in [1.807, 2.05) is 34.9 Å². The number of fused-ring (bicyclic) bond motifs is 2. The van der Waals surface area contributed by atoms with Crippen molar-refractivity contribution in [3.05, 3.63) is 53.1 Å². The highest BCUT2D eigenvalue weighted by atomic mass is 16.5. The summed E-state index contributed by atoms with van der Waals surface area (Å²) in [5.74, 6) is 2.05. The lowest BCUT2D eigenvalue weighted by Gasteiger charge is -2.40. The van der Waals surface area contributed by atoms with Crippen LogP contribution >= 0.6 is 0 Å². The minimum absolute atomic E-state index is 0.296. The summed E-state index contributed by atoms with van der Waals surface area (Å²) in [7, 11) is 0. The van der Waals surface area contributed by atoms with Crippen molar-refractivity contribution < 1.29 is 4.74 Å². The molecule has 7 heteroatoms. The standard InChI is InChI=1S/C18H16N6O/c19-8-12-7-13-11-25-6-4-15(13)20-17(12)23-9-14(10-23)18-22-21-16-3-1-2-5-24(16)18/h1-3,5,7,14H,4,6,9-11H2. The van der Waals surface area contributed by atoms with Crippen LogP contribution < -0.4 is 4.90 Å². The van der Waals surface area contributed by atoms with Gasteiger partial charge in [-0.2, -0.15) is 5.26 Å². The molecule has 0 radical (unpaired) electrons. The number of aromatic nitrogens is 4. The summed E-state index contributed by atoms with van der Waals surface area (Å²) in [6.45, 7) is 2.84. The zero-order valence-electron chi connectivity index (χ0n) is 13.6. The first kappa shape index (κ1) is 14.4. The highest BCUT2D eigenvalue weighted by Gasteiger charge is 2.34. The number of rotatable bonds is 2. The third-order valence-electron chi connectivity index (χ3n) is 4.92. The van der Waals surface area contributed by atoms with Crippen molar-refractivity contribution in [1.29, 1.82) is 5.26 Å². The van der Waals surface area contributed by atoms with E-state index < -0.39 is 0 Å². The molecule has 0 aromatic carbocycles. The summed E-state index contributed by atoms with van der Waals surface area (Å²) in [6.07, 6.45) is 2.80. The smallest absolute Gasteiger partial charge is 0.160 e. The van der Waals surface area contributed by atoms with Gasteiger partial charge in [0.1, 0.15) is 17.7 Å². The van der Waals surface area contributed by atoms with Crippen LogP contribution in [-0.4, -0.2) is 39.3 Å². The number of hydrogen-bond acceptors (Lipinski definition) is 6. The molecule has 0 bridgehead atoms. The fraction of sp³-hybridized carbons (Fsp3) is 0.333. The van der Waals surface area contributed by atoms with Gasteiger partial charge in [-0.05, 0) is 18.2 Å². The Morgan fingerprint density at radius 1 is 1.24 bits per heavy atom. The lowest BCUT2D eigenvalue weighted by molar-refractivity contribution is 0.109. The Morgan fingerprint density at radius 2 is 2.16 bits per heavy atom. The summed E-state index contributed by atoms with van der Waals surface area (Å²) >= 11 is 0. The largest absolute Gasteiger partial charge is 0.376 e. The lowest BCUT2D eigenvalue weighted by atomic mass is 9.97. The van der Waals surface area contributed by atoms with Crippen LogP contribution in [-0.2, 0) is 17.8 Å². The topological polar surface area (TPSA) is 79.3 Å². The van der Waals surface area contributed by atoms with Crippen molar-refractivity contribution in [3.8, 4) is 6.07 Å². The molecule has 7 nitrogen and oxygen atoms in total. The number of nitrogens with zero attached hydrogens (tertiary/aromatic N) is 6. The van der Waals surface area contributed by atoms with E-state index in [0.717, 1.165) is 48.1 Å². The molecule has 5 rings (SSSR count). The molecule has 0 N–H and O–H groups in total. The molecule has 5 heterocycles. The fourth-order valence-electron chi connectivity index (χ4n) is 3.55. The van der Waals surface area contributed by atoms with E-state index in [1.165, 1.54) is 0 Å². The van der Waals surface area contributed by atoms with Crippen molar-refractivity contribution in [1.82, 2.24) is 19.6 Å². The van der Waals surface area contributed by atoms with Gasteiger partial charge in [0.25, 0.3) is 0 Å². The van der Waals surface area contributed by atoms with Crippen LogP contribution in [0.25, 0.3) is 5.65 Å². The molecule has 0 aliphatic carbocycles. The quantitative estimate of drug-likeness (QED) is 0.710. The van der Waals surface area contributed by atoms with E-state index in [0.29, 0.717) is 24.7 Å². The van der Waals surface area contributed by atoms with Crippen LogP contribution in [0.4, 0.5) is 5.82 Å².